The molecule has 0 spiro atoms. The van der Waals surface area contributed by atoms with Crippen LogP contribution in [-0.4, -0.2) is 50.0 Å². The molecule has 2 atom stereocenters. The van der Waals surface area contributed by atoms with Crippen LogP contribution in [0.25, 0.3) is 11.1 Å². The van der Waals surface area contributed by atoms with Crippen molar-refractivity contribution in [3.8, 4) is 11.1 Å². The lowest BCUT2D eigenvalue weighted by molar-refractivity contribution is 0.246. The number of hydrogen-bond donors (Lipinski definition) is 3. The number of nitrogens with zero attached hydrogens (tertiary/aromatic N) is 2. The molecule has 0 aromatic heterocycles. The minimum absolute atomic E-state index is 0.0152. The van der Waals surface area contributed by atoms with E-state index in [2.05, 4.69) is 65.0 Å². The average Bonchev–Trinajstić information content (AvgIpc) is 2.81. The summed E-state index contributed by atoms with van der Waals surface area (Å²) in [6.07, 6.45) is 5.71. The van der Waals surface area contributed by atoms with Crippen LogP contribution in [0.5, 0.6) is 0 Å². The Balaban J connectivity index is 1.57. The fourth-order valence-electron chi connectivity index (χ4n) is 4.06. The molecule has 0 aliphatic carbocycles. The van der Waals surface area contributed by atoms with Gasteiger partial charge in [-0.25, -0.2) is 4.99 Å². The van der Waals surface area contributed by atoms with Crippen molar-refractivity contribution >= 4 is 17.7 Å². The summed E-state index contributed by atoms with van der Waals surface area (Å²) in [6.45, 7) is 3.35. The first kappa shape index (κ1) is 21.0. The molecule has 2 aromatic rings. The van der Waals surface area contributed by atoms with Crippen molar-refractivity contribution in [1.82, 2.24) is 5.32 Å². The van der Waals surface area contributed by atoms with Gasteiger partial charge in [0, 0.05) is 36.8 Å². The van der Waals surface area contributed by atoms with Crippen LogP contribution in [0.1, 0.15) is 5.56 Å². The van der Waals surface area contributed by atoms with Crippen molar-refractivity contribution in [2.75, 3.05) is 32.1 Å². The number of ether oxygens (including phenoxy) is 1. The number of aliphatic hydroxyl groups excluding tert-OH is 1. The predicted molar refractivity (Wildman–Crippen MR) is 127 cm³/mol. The fourth-order valence-corrected chi connectivity index (χ4v) is 4.06. The van der Waals surface area contributed by atoms with E-state index in [0.29, 0.717) is 13.1 Å². The van der Waals surface area contributed by atoms with E-state index < -0.39 is 0 Å². The van der Waals surface area contributed by atoms with Crippen molar-refractivity contribution in [2.24, 2.45) is 15.9 Å². The third kappa shape index (κ3) is 4.45. The number of rotatable bonds is 7. The lowest BCUT2D eigenvalue weighted by Gasteiger charge is -2.31. The van der Waals surface area contributed by atoms with Crippen LogP contribution in [0.4, 0.5) is 5.69 Å². The van der Waals surface area contributed by atoms with Crippen LogP contribution in [0.2, 0.25) is 0 Å². The van der Waals surface area contributed by atoms with E-state index in [1.165, 1.54) is 16.7 Å². The standard InChI is InChI=1S/C25H28N4O2/c1-17-20(18-7-4-3-5-8-18)9-6-10-22(17)29-25-23-21(11-12-27-25)24(31-2)19(16-28-23)15-26-13-14-30/h3-12,16,21,23,26,30H,13-15H2,1-2H3,(H,27,29). The summed E-state index contributed by atoms with van der Waals surface area (Å²) < 4.78 is 5.76. The molecule has 0 fully saturated rings. The van der Waals surface area contributed by atoms with E-state index in [0.717, 1.165) is 22.9 Å². The van der Waals surface area contributed by atoms with Crippen LogP contribution in [0.15, 0.2) is 82.1 Å². The van der Waals surface area contributed by atoms with Gasteiger partial charge in [0.15, 0.2) is 0 Å². The van der Waals surface area contributed by atoms with Crippen molar-refractivity contribution < 1.29 is 9.84 Å². The minimum atomic E-state index is -0.165. The van der Waals surface area contributed by atoms with Crippen molar-refractivity contribution in [2.45, 2.75) is 13.0 Å². The number of hydrogen-bond acceptors (Lipinski definition) is 6. The zero-order valence-corrected chi connectivity index (χ0v) is 17.9. The Labute approximate surface area is 183 Å². The Morgan fingerprint density at radius 3 is 2.71 bits per heavy atom. The summed E-state index contributed by atoms with van der Waals surface area (Å²) in [7, 11) is 1.69. The van der Waals surface area contributed by atoms with Gasteiger partial charge in [0.05, 0.1) is 19.6 Å². The van der Waals surface area contributed by atoms with Gasteiger partial charge in [-0.2, -0.15) is 0 Å². The molecule has 2 heterocycles. The molecule has 2 aliphatic rings. The molecule has 0 saturated carbocycles. The summed E-state index contributed by atoms with van der Waals surface area (Å²) in [5.74, 6) is 1.66. The predicted octanol–water partition coefficient (Wildman–Crippen LogP) is 3.55. The number of aliphatic imine (C=N–C) groups is 2. The normalized spacial score (nSPS) is 19.8. The van der Waals surface area contributed by atoms with Gasteiger partial charge in [0.2, 0.25) is 0 Å². The number of benzene rings is 2. The van der Waals surface area contributed by atoms with Crippen LogP contribution in [-0.2, 0) is 4.74 Å². The quantitative estimate of drug-likeness (QED) is 0.603. The molecular weight excluding hydrogens is 388 g/mol. The van der Waals surface area contributed by atoms with E-state index in [1.54, 1.807) is 7.11 Å². The second kappa shape index (κ2) is 9.73. The summed E-state index contributed by atoms with van der Waals surface area (Å²) in [6, 6.07) is 16.5. The molecule has 2 aromatic carbocycles. The molecule has 0 bridgehead atoms. The number of aliphatic hydroxyl groups is 1. The van der Waals surface area contributed by atoms with E-state index in [4.69, 9.17) is 14.8 Å². The molecule has 6 nitrogen and oxygen atoms in total. The van der Waals surface area contributed by atoms with Crippen LogP contribution >= 0.6 is 0 Å². The third-order valence-electron chi connectivity index (χ3n) is 5.64. The minimum Gasteiger partial charge on any atom is -0.500 e. The third-order valence-corrected chi connectivity index (χ3v) is 5.64. The van der Waals surface area contributed by atoms with Crippen molar-refractivity contribution in [1.29, 1.82) is 0 Å². The Morgan fingerprint density at radius 1 is 1.10 bits per heavy atom. The number of anilines is 1. The Hall–Kier alpha value is -3.22. The van der Waals surface area contributed by atoms with Gasteiger partial charge in [0.1, 0.15) is 17.6 Å². The summed E-state index contributed by atoms with van der Waals surface area (Å²) in [5.41, 5.74) is 5.55. The van der Waals surface area contributed by atoms with Crippen LogP contribution in [0.3, 0.4) is 0 Å². The maximum Gasteiger partial charge on any atom is 0.132 e. The first-order chi connectivity index (χ1) is 15.2. The van der Waals surface area contributed by atoms with Crippen LogP contribution in [0, 0.1) is 12.8 Å². The fraction of sp³-hybridized carbons (Fsp3) is 0.280. The average molecular weight is 417 g/mol. The van der Waals surface area contributed by atoms with E-state index in [-0.39, 0.29) is 18.6 Å². The van der Waals surface area contributed by atoms with E-state index >= 15 is 0 Å². The SMILES string of the molecule is COC1=C(CNCCO)C=NC2C(Nc3cccc(-c4ccccc4)c3C)=NC=CC12. The zero-order valence-electron chi connectivity index (χ0n) is 17.9. The van der Waals surface area contributed by atoms with E-state index in [1.807, 2.05) is 24.6 Å². The van der Waals surface area contributed by atoms with Gasteiger partial charge >= 0.3 is 0 Å². The first-order valence-electron chi connectivity index (χ1n) is 10.5. The molecule has 2 aliphatic heterocycles. The van der Waals surface area contributed by atoms with Crippen LogP contribution < -0.4 is 10.6 Å². The number of methoxy groups -OCH3 is 1. The topological polar surface area (TPSA) is 78.2 Å². The van der Waals surface area contributed by atoms with Gasteiger partial charge in [0.25, 0.3) is 0 Å². The molecule has 31 heavy (non-hydrogen) atoms. The molecule has 0 saturated heterocycles. The van der Waals surface area contributed by atoms with E-state index in [9.17, 15) is 0 Å². The molecule has 2 unspecified atom stereocenters. The molecule has 0 amide bonds. The second-order valence-electron chi connectivity index (χ2n) is 7.57. The Kier molecular flexibility index (Phi) is 6.60. The molecule has 4 rings (SSSR count). The molecule has 0 radical (unpaired) electrons. The highest BCUT2D eigenvalue weighted by Gasteiger charge is 2.34. The van der Waals surface area contributed by atoms with Gasteiger partial charge in [-0.3, -0.25) is 4.99 Å². The smallest absolute Gasteiger partial charge is 0.132 e. The zero-order chi connectivity index (χ0) is 21.6. The molecule has 160 valence electrons. The lowest BCUT2D eigenvalue weighted by Crippen LogP contribution is -2.39. The van der Waals surface area contributed by atoms with Crippen molar-refractivity contribution in [3.05, 3.63) is 77.7 Å². The summed E-state index contributed by atoms with van der Waals surface area (Å²) in [4.78, 5) is 9.39. The number of nitrogens with one attached hydrogen (secondary N) is 2. The highest BCUT2D eigenvalue weighted by molar-refractivity contribution is 6.04. The number of fused-ring (bicyclic) bond motifs is 1. The second-order valence-corrected chi connectivity index (χ2v) is 7.57. The first-order valence-corrected chi connectivity index (χ1v) is 10.5. The number of amidine groups is 1. The Morgan fingerprint density at radius 2 is 1.94 bits per heavy atom. The highest BCUT2D eigenvalue weighted by Crippen LogP contribution is 2.32. The Bertz CT molecular complexity index is 1040. The maximum atomic E-state index is 9.02. The summed E-state index contributed by atoms with van der Waals surface area (Å²) >= 11 is 0. The van der Waals surface area contributed by atoms with Gasteiger partial charge in [-0.05, 0) is 29.7 Å². The highest BCUT2D eigenvalue weighted by atomic mass is 16.5. The maximum absolute atomic E-state index is 9.02. The number of dihydropyridines is 1. The van der Waals surface area contributed by atoms with Gasteiger partial charge in [-0.15, -0.1) is 0 Å². The molecule has 6 heteroatoms. The van der Waals surface area contributed by atoms with Gasteiger partial charge < -0.3 is 20.5 Å². The monoisotopic (exact) mass is 416 g/mol. The largest absolute Gasteiger partial charge is 0.500 e. The summed E-state index contributed by atoms with van der Waals surface area (Å²) in [5, 5.41) is 15.7. The van der Waals surface area contributed by atoms with Gasteiger partial charge in [-0.1, -0.05) is 48.5 Å². The molecule has 3 N–H and O–H groups in total. The van der Waals surface area contributed by atoms with Crippen molar-refractivity contribution in [3.63, 3.8) is 0 Å². The molecular formula is C25H28N4O2. The lowest BCUT2D eigenvalue weighted by atomic mass is 9.89.